The number of rotatable bonds is 2. The zero-order valence-electron chi connectivity index (χ0n) is 9.05. The smallest absolute Gasteiger partial charge is 0.260 e. The minimum Gasteiger partial charge on any atom is -0.389 e. The number of nitrogens with one attached hydrogen (secondary N) is 1. The highest BCUT2D eigenvalue weighted by Crippen LogP contribution is 2.24. The predicted octanol–water partition coefficient (Wildman–Crippen LogP) is -0.0548. The van der Waals surface area contributed by atoms with Gasteiger partial charge < -0.3 is 10.1 Å². The number of hydrogen-bond acceptors (Lipinski definition) is 4. The number of H-pyrrole nitrogens is 1. The first-order valence-electron chi connectivity index (χ1n) is 5.13. The number of imidazole rings is 1. The van der Waals surface area contributed by atoms with Crippen LogP contribution in [-0.4, -0.2) is 46.5 Å². The zero-order valence-corrected chi connectivity index (χ0v) is 9.87. The second kappa shape index (κ2) is 3.83. The van der Waals surface area contributed by atoms with Gasteiger partial charge in [0.15, 0.2) is 5.03 Å². The molecule has 16 heavy (non-hydrogen) atoms. The van der Waals surface area contributed by atoms with Gasteiger partial charge in [-0.05, 0) is 19.8 Å². The Morgan fingerprint density at radius 3 is 2.94 bits per heavy atom. The van der Waals surface area contributed by atoms with Crippen LogP contribution in [0.2, 0.25) is 0 Å². The van der Waals surface area contributed by atoms with Gasteiger partial charge in [0.2, 0.25) is 0 Å². The number of β-amino-alcohol motifs (C(OH)–C–C–N with tert-alkyl or cyclic N) is 1. The molecule has 6 nitrogen and oxygen atoms in total. The minimum absolute atomic E-state index is 0.0743. The Morgan fingerprint density at radius 2 is 2.38 bits per heavy atom. The summed E-state index contributed by atoms with van der Waals surface area (Å²) in [4.78, 5) is 6.28. The maximum atomic E-state index is 12.1. The van der Waals surface area contributed by atoms with Crippen molar-refractivity contribution in [1.29, 1.82) is 0 Å². The molecule has 1 aliphatic heterocycles. The van der Waals surface area contributed by atoms with E-state index < -0.39 is 15.6 Å². The summed E-state index contributed by atoms with van der Waals surface area (Å²) in [6.45, 7) is 2.23. The van der Waals surface area contributed by atoms with Crippen molar-refractivity contribution in [1.82, 2.24) is 14.3 Å². The SMILES string of the molecule is CC1(O)CCCN(S(=O)(=O)c2cnc[nH]2)C1. The first kappa shape index (κ1) is 11.6. The number of piperidine rings is 1. The van der Waals surface area contributed by atoms with Gasteiger partial charge in [-0.15, -0.1) is 0 Å². The summed E-state index contributed by atoms with van der Waals surface area (Å²) in [6, 6.07) is 0. The molecule has 0 spiro atoms. The second-order valence-electron chi connectivity index (χ2n) is 4.35. The maximum Gasteiger partial charge on any atom is 0.260 e. The minimum atomic E-state index is -3.53. The molecule has 0 bridgehead atoms. The number of hydrogen-bond donors (Lipinski definition) is 2. The van der Waals surface area contributed by atoms with Crippen molar-refractivity contribution in [2.75, 3.05) is 13.1 Å². The number of aliphatic hydroxyl groups is 1. The lowest BCUT2D eigenvalue weighted by Crippen LogP contribution is -2.48. The molecule has 1 aromatic heterocycles. The highest BCUT2D eigenvalue weighted by molar-refractivity contribution is 7.89. The quantitative estimate of drug-likeness (QED) is 0.764. The molecule has 1 saturated heterocycles. The van der Waals surface area contributed by atoms with Crippen molar-refractivity contribution in [3.05, 3.63) is 12.5 Å². The summed E-state index contributed by atoms with van der Waals surface area (Å²) >= 11 is 0. The molecule has 1 aromatic rings. The Bertz CT molecular complexity index is 452. The third-order valence-electron chi connectivity index (χ3n) is 2.73. The number of sulfonamides is 1. The highest BCUT2D eigenvalue weighted by atomic mass is 32.2. The first-order valence-corrected chi connectivity index (χ1v) is 6.57. The molecule has 0 aromatic carbocycles. The van der Waals surface area contributed by atoms with Crippen molar-refractivity contribution < 1.29 is 13.5 Å². The average Bonchev–Trinajstić information content (AvgIpc) is 2.69. The Labute approximate surface area is 94.4 Å². The maximum absolute atomic E-state index is 12.1. The molecule has 2 heterocycles. The Morgan fingerprint density at radius 1 is 1.62 bits per heavy atom. The summed E-state index contributed by atoms with van der Waals surface area (Å²) in [6.07, 6.45) is 3.90. The Balaban J connectivity index is 2.25. The molecule has 7 heteroatoms. The molecule has 0 amide bonds. The van der Waals surface area contributed by atoms with E-state index in [4.69, 9.17) is 0 Å². The average molecular weight is 245 g/mol. The van der Waals surface area contributed by atoms with E-state index in [1.165, 1.54) is 16.8 Å². The molecule has 1 unspecified atom stereocenters. The van der Waals surface area contributed by atoms with E-state index in [2.05, 4.69) is 9.97 Å². The van der Waals surface area contributed by atoms with Crippen LogP contribution in [0.3, 0.4) is 0 Å². The fourth-order valence-corrected chi connectivity index (χ4v) is 3.39. The largest absolute Gasteiger partial charge is 0.389 e. The van der Waals surface area contributed by atoms with Crippen LogP contribution in [-0.2, 0) is 10.0 Å². The van der Waals surface area contributed by atoms with Gasteiger partial charge in [-0.3, -0.25) is 0 Å². The molecule has 2 rings (SSSR count). The number of aromatic amines is 1. The zero-order chi connectivity index (χ0) is 11.8. The highest BCUT2D eigenvalue weighted by Gasteiger charge is 2.35. The van der Waals surface area contributed by atoms with Crippen LogP contribution in [0, 0.1) is 0 Å². The van der Waals surface area contributed by atoms with E-state index in [9.17, 15) is 13.5 Å². The molecule has 90 valence electrons. The first-order chi connectivity index (χ1) is 7.42. The molecule has 2 N–H and O–H groups in total. The van der Waals surface area contributed by atoms with Crippen LogP contribution in [0.5, 0.6) is 0 Å². The summed E-state index contributed by atoms with van der Waals surface area (Å²) in [5.74, 6) is 0. The van der Waals surface area contributed by atoms with Crippen molar-refractivity contribution in [3.8, 4) is 0 Å². The van der Waals surface area contributed by atoms with Crippen LogP contribution in [0.15, 0.2) is 17.6 Å². The summed E-state index contributed by atoms with van der Waals surface area (Å²) in [5.41, 5.74) is -0.939. The van der Waals surface area contributed by atoms with Gasteiger partial charge in [0, 0.05) is 13.1 Å². The lowest BCUT2D eigenvalue weighted by atomic mass is 9.97. The molecule has 1 aliphatic rings. The van der Waals surface area contributed by atoms with Crippen LogP contribution in [0.4, 0.5) is 0 Å². The topological polar surface area (TPSA) is 86.3 Å². The van der Waals surface area contributed by atoms with E-state index in [0.717, 1.165) is 0 Å². The fraction of sp³-hybridized carbons (Fsp3) is 0.667. The van der Waals surface area contributed by atoms with Gasteiger partial charge in [0.25, 0.3) is 10.0 Å². The van der Waals surface area contributed by atoms with Crippen molar-refractivity contribution in [2.45, 2.75) is 30.4 Å². The lowest BCUT2D eigenvalue weighted by Gasteiger charge is -2.35. The van der Waals surface area contributed by atoms with Crippen LogP contribution in [0.25, 0.3) is 0 Å². The van der Waals surface area contributed by atoms with Gasteiger partial charge in [0.05, 0.1) is 18.1 Å². The third-order valence-corrected chi connectivity index (χ3v) is 4.50. The van der Waals surface area contributed by atoms with Gasteiger partial charge >= 0.3 is 0 Å². The molecule has 0 saturated carbocycles. The van der Waals surface area contributed by atoms with Crippen molar-refractivity contribution >= 4 is 10.0 Å². The third kappa shape index (κ3) is 2.11. The van der Waals surface area contributed by atoms with E-state index in [-0.39, 0.29) is 11.6 Å². The molecular weight excluding hydrogens is 230 g/mol. The van der Waals surface area contributed by atoms with Gasteiger partial charge in [-0.2, -0.15) is 4.31 Å². The fourth-order valence-electron chi connectivity index (χ4n) is 1.90. The van der Waals surface area contributed by atoms with Gasteiger partial charge in [-0.25, -0.2) is 13.4 Å². The Hall–Kier alpha value is -0.920. The molecule has 1 fully saturated rings. The van der Waals surface area contributed by atoms with E-state index in [1.807, 2.05) is 0 Å². The second-order valence-corrected chi connectivity index (χ2v) is 6.26. The van der Waals surface area contributed by atoms with Crippen LogP contribution in [0.1, 0.15) is 19.8 Å². The van der Waals surface area contributed by atoms with Crippen molar-refractivity contribution in [3.63, 3.8) is 0 Å². The Kier molecular flexibility index (Phi) is 2.77. The summed E-state index contributed by atoms with van der Waals surface area (Å²) < 4.78 is 25.5. The monoisotopic (exact) mass is 245 g/mol. The predicted molar refractivity (Wildman–Crippen MR) is 57.2 cm³/mol. The molecule has 0 radical (unpaired) electrons. The molecule has 1 atom stereocenters. The molecule has 0 aliphatic carbocycles. The number of nitrogens with zero attached hydrogens (tertiary/aromatic N) is 2. The van der Waals surface area contributed by atoms with E-state index in [0.29, 0.717) is 19.4 Å². The summed E-state index contributed by atoms with van der Waals surface area (Å²) in [5, 5.41) is 9.95. The van der Waals surface area contributed by atoms with Crippen LogP contribution < -0.4 is 0 Å². The van der Waals surface area contributed by atoms with E-state index >= 15 is 0 Å². The van der Waals surface area contributed by atoms with Crippen molar-refractivity contribution in [2.24, 2.45) is 0 Å². The van der Waals surface area contributed by atoms with E-state index in [1.54, 1.807) is 6.92 Å². The standard InChI is InChI=1S/C9H15N3O3S/c1-9(13)3-2-4-12(6-9)16(14,15)8-5-10-7-11-8/h5,7,13H,2-4,6H2,1H3,(H,10,11). The summed E-state index contributed by atoms with van der Waals surface area (Å²) in [7, 11) is -3.53. The van der Waals surface area contributed by atoms with Gasteiger partial charge in [-0.1, -0.05) is 0 Å². The number of aromatic nitrogens is 2. The lowest BCUT2D eigenvalue weighted by molar-refractivity contribution is 0.00934. The van der Waals surface area contributed by atoms with Gasteiger partial charge in [0.1, 0.15) is 0 Å². The molecular formula is C9H15N3O3S. The normalized spacial score (nSPS) is 28.1. The van der Waals surface area contributed by atoms with Crippen LogP contribution >= 0.6 is 0 Å².